The lowest BCUT2D eigenvalue weighted by molar-refractivity contribution is -0.255. The van der Waals surface area contributed by atoms with Crippen LogP contribution in [0.2, 0.25) is 0 Å². The number of nitrogens with one attached hydrogen (secondary N) is 2. The maximum Gasteiger partial charge on any atom is 0.251 e. The summed E-state index contributed by atoms with van der Waals surface area (Å²) in [5.74, 6) is 0.631. The highest BCUT2D eigenvalue weighted by molar-refractivity contribution is 5.94. The minimum absolute atomic E-state index is 0.00667. The van der Waals surface area contributed by atoms with Gasteiger partial charge < -0.3 is 25.2 Å². The maximum atomic E-state index is 13.8. The predicted octanol–water partition coefficient (Wildman–Crippen LogP) is 8.26. The summed E-state index contributed by atoms with van der Waals surface area (Å²) in [6.07, 6.45) is 6.48. The molecule has 0 radical (unpaired) electrons. The maximum absolute atomic E-state index is 13.8. The lowest BCUT2D eigenvalue weighted by Crippen LogP contribution is -2.61. The van der Waals surface area contributed by atoms with Gasteiger partial charge in [-0.05, 0) is 98.4 Å². The van der Waals surface area contributed by atoms with Crippen molar-refractivity contribution in [3.05, 3.63) is 131 Å². The predicted molar refractivity (Wildman–Crippen MR) is 211 cm³/mol. The third kappa shape index (κ3) is 9.29. The third-order valence-corrected chi connectivity index (χ3v) is 11.3. The summed E-state index contributed by atoms with van der Waals surface area (Å²) in [6.45, 7) is 7.24. The van der Waals surface area contributed by atoms with E-state index in [9.17, 15) is 14.7 Å². The Hall–Kier alpha value is -4.34. The Morgan fingerprint density at radius 1 is 0.778 bits per heavy atom. The number of aliphatic hydroxyl groups is 1. The Kier molecular flexibility index (Phi) is 11.9. The number of aliphatic hydroxyl groups excluding tert-OH is 1. The van der Waals surface area contributed by atoms with Gasteiger partial charge in [0.2, 0.25) is 5.91 Å². The molecule has 0 spiro atoms. The summed E-state index contributed by atoms with van der Waals surface area (Å²) >= 11 is 0. The van der Waals surface area contributed by atoms with Gasteiger partial charge in [0, 0.05) is 42.2 Å². The van der Waals surface area contributed by atoms with Crippen molar-refractivity contribution in [1.29, 1.82) is 0 Å². The zero-order valence-electron chi connectivity index (χ0n) is 31.9. The molecule has 54 heavy (non-hydrogen) atoms. The number of benzene rings is 4. The Bertz CT molecular complexity index is 1860. The molecule has 8 heteroatoms. The molecule has 0 bridgehead atoms. The Balaban J connectivity index is 1.10. The van der Waals surface area contributed by atoms with E-state index in [2.05, 4.69) is 72.7 Å². The molecule has 0 aromatic heterocycles. The van der Waals surface area contributed by atoms with Gasteiger partial charge in [0.05, 0.1) is 24.9 Å². The molecule has 2 amide bonds. The van der Waals surface area contributed by atoms with E-state index in [1.807, 2.05) is 66.7 Å². The van der Waals surface area contributed by atoms with Crippen LogP contribution in [0.3, 0.4) is 0 Å². The number of carbonyl (C=O) groups is 2. The van der Waals surface area contributed by atoms with Gasteiger partial charge in [-0.15, -0.1) is 0 Å². The Labute approximate surface area is 320 Å². The van der Waals surface area contributed by atoms with E-state index in [1.54, 1.807) is 0 Å². The number of fused-ring (bicyclic) bond motifs is 1. The minimum atomic E-state index is -0.589. The van der Waals surface area contributed by atoms with Gasteiger partial charge in [-0.1, -0.05) is 97.8 Å². The first-order valence-electron chi connectivity index (χ1n) is 19.7. The summed E-state index contributed by atoms with van der Waals surface area (Å²) < 4.78 is 13.6. The molecule has 3 aliphatic rings. The number of ether oxygens (including phenoxy) is 2. The average Bonchev–Trinajstić information content (AvgIpc) is 3.20. The monoisotopic (exact) mass is 729 g/mol. The van der Waals surface area contributed by atoms with Crippen molar-refractivity contribution in [1.82, 2.24) is 15.5 Å². The van der Waals surface area contributed by atoms with Crippen molar-refractivity contribution in [2.24, 2.45) is 5.92 Å². The SMILES string of the molecule is CC(C)(C)NC(=O)C1CCC2CCCCC2N1CC1CC(c2ccc(CO)cc2)OC(c2ccc(-c3cccc(CNC(=O)c4ccccc4)c3)cc2)O1. The molecule has 2 aliphatic heterocycles. The highest BCUT2D eigenvalue weighted by Gasteiger charge is 2.44. The van der Waals surface area contributed by atoms with E-state index >= 15 is 0 Å². The Morgan fingerprint density at radius 2 is 1.52 bits per heavy atom. The molecule has 7 rings (SSSR count). The second kappa shape index (κ2) is 17.0. The molecule has 2 heterocycles. The van der Waals surface area contributed by atoms with Crippen LogP contribution in [0.15, 0.2) is 103 Å². The largest absolute Gasteiger partial charge is 0.392 e. The molecule has 1 aliphatic carbocycles. The fourth-order valence-corrected chi connectivity index (χ4v) is 8.56. The van der Waals surface area contributed by atoms with Crippen molar-refractivity contribution in [3.63, 3.8) is 0 Å². The van der Waals surface area contributed by atoms with E-state index in [1.165, 1.54) is 19.3 Å². The van der Waals surface area contributed by atoms with Gasteiger partial charge in [0.1, 0.15) is 0 Å². The lowest BCUT2D eigenvalue weighted by Gasteiger charge is -2.50. The van der Waals surface area contributed by atoms with Gasteiger partial charge in [0.15, 0.2) is 6.29 Å². The second-order valence-electron chi connectivity index (χ2n) is 16.4. The highest BCUT2D eigenvalue weighted by Crippen LogP contribution is 2.42. The van der Waals surface area contributed by atoms with E-state index in [0.717, 1.165) is 52.6 Å². The van der Waals surface area contributed by atoms with Crippen LogP contribution in [0.1, 0.15) is 111 Å². The fourth-order valence-electron chi connectivity index (χ4n) is 8.56. The van der Waals surface area contributed by atoms with E-state index in [4.69, 9.17) is 9.47 Å². The van der Waals surface area contributed by atoms with Gasteiger partial charge in [-0.25, -0.2) is 0 Å². The number of carbonyl (C=O) groups excluding carboxylic acids is 2. The second-order valence-corrected chi connectivity index (χ2v) is 16.4. The summed E-state index contributed by atoms with van der Waals surface area (Å²) in [6, 6.07) is 34.0. The number of piperidine rings is 1. The quantitative estimate of drug-likeness (QED) is 0.152. The van der Waals surface area contributed by atoms with Gasteiger partial charge in [-0.2, -0.15) is 0 Å². The summed E-state index contributed by atoms with van der Waals surface area (Å²) in [7, 11) is 0. The first-order chi connectivity index (χ1) is 26.1. The molecule has 2 saturated heterocycles. The number of rotatable bonds is 10. The van der Waals surface area contributed by atoms with Gasteiger partial charge in [-0.3, -0.25) is 14.5 Å². The number of hydrogen-bond acceptors (Lipinski definition) is 6. The van der Waals surface area contributed by atoms with Gasteiger partial charge >= 0.3 is 0 Å². The molecule has 1 saturated carbocycles. The molecular weight excluding hydrogens is 675 g/mol. The number of amides is 2. The first kappa shape index (κ1) is 38.0. The van der Waals surface area contributed by atoms with Crippen molar-refractivity contribution in [2.45, 2.75) is 115 Å². The molecule has 6 atom stereocenters. The molecule has 3 N–H and O–H groups in total. The first-order valence-corrected chi connectivity index (χ1v) is 19.7. The minimum Gasteiger partial charge on any atom is -0.392 e. The average molecular weight is 730 g/mol. The molecule has 6 unspecified atom stereocenters. The molecular formula is C46H55N3O5. The van der Waals surface area contributed by atoms with E-state index < -0.39 is 6.29 Å². The molecule has 284 valence electrons. The lowest BCUT2D eigenvalue weighted by atomic mass is 9.75. The van der Waals surface area contributed by atoms with Crippen LogP contribution in [0.5, 0.6) is 0 Å². The van der Waals surface area contributed by atoms with E-state index in [-0.39, 0.29) is 42.2 Å². The van der Waals surface area contributed by atoms with Crippen LogP contribution < -0.4 is 10.6 Å². The van der Waals surface area contributed by atoms with Gasteiger partial charge in [0.25, 0.3) is 5.91 Å². The van der Waals surface area contributed by atoms with Crippen LogP contribution in [-0.2, 0) is 27.4 Å². The summed E-state index contributed by atoms with van der Waals surface area (Å²) in [4.78, 5) is 28.9. The smallest absolute Gasteiger partial charge is 0.251 e. The fraction of sp³-hybridized carbons (Fsp3) is 0.435. The van der Waals surface area contributed by atoms with Crippen LogP contribution in [0.25, 0.3) is 11.1 Å². The zero-order chi connectivity index (χ0) is 37.7. The molecule has 4 aromatic rings. The van der Waals surface area contributed by atoms with Crippen molar-refractivity contribution >= 4 is 11.8 Å². The van der Waals surface area contributed by atoms with Crippen LogP contribution in [0.4, 0.5) is 0 Å². The summed E-state index contributed by atoms with van der Waals surface area (Å²) in [5.41, 5.74) is 6.32. The number of nitrogens with zero attached hydrogens (tertiary/aromatic N) is 1. The van der Waals surface area contributed by atoms with Crippen molar-refractivity contribution in [3.8, 4) is 11.1 Å². The third-order valence-electron chi connectivity index (χ3n) is 11.3. The van der Waals surface area contributed by atoms with E-state index in [0.29, 0.717) is 37.0 Å². The molecule has 8 nitrogen and oxygen atoms in total. The van der Waals surface area contributed by atoms with Crippen LogP contribution in [-0.4, -0.2) is 52.1 Å². The van der Waals surface area contributed by atoms with Crippen molar-refractivity contribution in [2.75, 3.05) is 6.54 Å². The number of hydrogen-bond donors (Lipinski definition) is 3. The topological polar surface area (TPSA) is 100 Å². The zero-order valence-corrected chi connectivity index (χ0v) is 31.9. The number of likely N-dealkylation sites (tertiary alicyclic amines) is 1. The van der Waals surface area contributed by atoms with Crippen LogP contribution in [0, 0.1) is 5.92 Å². The summed E-state index contributed by atoms with van der Waals surface area (Å²) in [5, 5.41) is 16.0. The Morgan fingerprint density at radius 3 is 2.26 bits per heavy atom. The normalized spacial score (nSPS) is 24.7. The highest BCUT2D eigenvalue weighted by atomic mass is 16.7. The standard InChI is InChI=1S/C46H55N3O5/c1-46(2,3)48-44(52)41-25-24-34-11-7-8-15-40(34)49(41)29-39-27-42(35-18-16-31(30-50)17-19-35)54-45(53-39)37-22-20-33(21-23-37)38-14-9-10-32(26-38)28-47-43(51)36-12-5-4-6-13-36/h4-6,9-10,12-14,16-23,26,34,39-42,45,50H,7-8,11,15,24-25,27-30H2,1-3H3,(H,47,51)(H,48,52). The van der Waals surface area contributed by atoms with Crippen LogP contribution >= 0.6 is 0 Å². The van der Waals surface area contributed by atoms with Crippen molar-refractivity contribution < 1.29 is 24.2 Å². The molecule has 3 fully saturated rings. The molecule has 4 aromatic carbocycles.